The first-order valence-corrected chi connectivity index (χ1v) is 7.19. The maximum atomic E-state index is 12.0. The third kappa shape index (κ3) is 3.75. The zero-order chi connectivity index (χ0) is 14.4. The average Bonchev–Trinajstić information content (AvgIpc) is 2.40. The van der Waals surface area contributed by atoms with E-state index in [1.54, 1.807) is 4.57 Å². The van der Waals surface area contributed by atoms with Crippen molar-refractivity contribution in [2.75, 3.05) is 0 Å². The first-order valence-electron chi connectivity index (χ1n) is 7.19. The van der Waals surface area contributed by atoms with E-state index in [0.29, 0.717) is 24.6 Å². The minimum Gasteiger partial charge on any atom is -0.504 e. The lowest BCUT2D eigenvalue weighted by molar-refractivity contribution is 0.356. The third-order valence-corrected chi connectivity index (χ3v) is 3.69. The predicted molar refractivity (Wildman–Crippen MR) is 76.7 cm³/mol. The molecule has 19 heavy (non-hydrogen) atoms. The molecule has 1 unspecified atom stereocenters. The summed E-state index contributed by atoms with van der Waals surface area (Å²) in [7, 11) is 0. The summed E-state index contributed by atoms with van der Waals surface area (Å²) in [5.41, 5.74) is 0.294. The molecule has 0 fully saturated rings. The van der Waals surface area contributed by atoms with Crippen LogP contribution in [0.15, 0.2) is 10.9 Å². The van der Waals surface area contributed by atoms with E-state index in [1.165, 1.54) is 0 Å². The third-order valence-electron chi connectivity index (χ3n) is 3.69. The molecule has 0 aliphatic heterocycles. The molecular weight excluding hydrogens is 242 g/mol. The molecule has 0 aliphatic rings. The van der Waals surface area contributed by atoms with E-state index in [0.717, 1.165) is 31.7 Å². The molecule has 1 aromatic heterocycles. The van der Waals surface area contributed by atoms with Gasteiger partial charge in [0.1, 0.15) is 0 Å². The Morgan fingerprint density at radius 3 is 2.47 bits per heavy atom. The van der Waals surface area contributed by atoms with Gasteiger partial charge in [-0.15, -0.1) is 0 Å². The van der Waals surface area contributed by atoms with Crippen molar-refractivity contribution in [2.24, 2.45) is 5.92 Å². The van der Waals surface area contributed by atoms with Gasteiger partial charge in [-0.2, -0.15) is 0 Å². The van der Waals surface area contributed by atoms with E-state index in [-0.39, 0.29) is 17.1 Å². The smallest absolute Gasteiger partial charge is 0.254 e. The summed E-state index contributed by atoms with van der Waals surface area (Å²) in [6.45, 7) is 6.77. The lowest BCUT2D eigenvalue weighted by atomic mass is 9.99. The average molecular weight is 267 g/mol. The second kappa shape index (κ2) is 7.22. The molecule has 4 nitrogen and oxygen atoms in total. The van der Waals surface area contributed by atoms with Crippen LogP contribution in [0, 0.1) is 5.92 Å². The summed E-state index contributed by atoms with van der Waals surface area (Å²) in [6, 6.07) is 1.10. The van der Waals surface area contributed by atoms with Crippen LogP contribution in [0.25, 0.3) is 0 Å². The van der Waals surface area contributed by atoms with Crippen molar-refractivity contribution >= 4 is 0 Å². The van der Waals surface area contributed by atoms with Gasteiger partial charge in [-0.05, 0) is 18.8 Å². The van der Waals surface area contributed by atoms with Crippen molar-refractivity contribution in [1.29, 1.82) is 0 Å². The van der Waals surface area contributed by atoms with Crippen molar-refractivity contribution in [3.05, 3.63) is 22.1 Å². The first-order chi connectivity index (χ1) is 9.04. The fourth-order valence-corrected chi connectivity index (χ4v) is 2.41. The van der Waals surface area contributed by atoms with Gasteiger partial charge >= 0.3 is 0 Å². The van der Waals surface area contributed by atoms with Gasteiger partial charge in [0.05, 0.1) is 5.69 Å². The number of unbranched alkanes of at least 4 members (excludes halogenated alkanes) is 1. The number of hydrogen-bond acceptors (Lipinski definition) is 3. The van der Waals surface area contributed by atoms with Gasteiger partial charge in [0.2, 0.25) is 0 Å². The lowest BCUT2D eigenvalue weighted by Crippen LogP contribution is -2.26. The number of aromatic hydroxyl groups is 2. The molecule has 4 heteroatoms. The SMILES string of the molecule is CCCCC(CC)Cn1c(CC)c(O)c(O)cc1=O. The van der Waals surface area contributed by atoms with Crippen molar-refractivity contribution in [3.63, 3.8) is 0 Å². The van der Waals surface area contributed by atoms with Crippen LogP contribution >= 0.6 is 0 Å². The molecule has 0 aromatic carbocycles. The summed E-state index contributed by atoms with van der Waals surface area (Å²) in [4.78, 5) is 12.0. The van der Waals surface area contributed by atoms with Crippen molar-refractivity contribution < 1.29 is 10.2 Å². The molecule has 0 saturated heterocycles. The molecule has 0 saturated carbocycles. The van der Waals surface area contributed by atoms with Crippen LogP contribution in [0.1, 0.15) is 52.1 Å². The minimum absolute atomic E-state index is 0.160. The fraction of sp³-hybridized carbons (Fsp3) is 0.667. The van der Waals surface area contributed by atoms with Crippen LogP contribution < -0.4 is 5.56 Å². The standard InChI is InChI=1S/C15H25NO3/c1-4-7-8-11(5-2)10-16-12(6-3)15(19)13(17)9-14(16)18/h9,11,17,19H,4-8,10H2,1-3H3. The molecule has 1 rings (SSSR count). The monoisotopic (exact) mass is 267 g/mol. The minimum atomic E-state index is -0.320. The van der Waals surface area contributed by atoms with E-state index in [2.05, 4.69) is 13.8 Å². The van der Waals surface area contributed by atoms with Gasteiger partial charge in [-0.3, -0.25) is 4.79 Å². The number of rotatable bonds is 7. The van der Waals surface area contributed by atoms with Crippen LogP contribution in [-0.4, -0.2) is 14.8 Å². The van der Waals surface area contributed by atoms with E-state index < -0.39 is 0 Å². The van der Waals surface area contributed by atoms with E-state index in [4.69, 9.17) is 0 Å². The normalized spacial score (nSPS) is 12.6. The Morgan fingerprint density at radius 2 is 1.95 bits per heavy atom. The molecule has 0 radical (unpaired) electrons. The van der Waals surface area contributed by atoms with Gasteiger partial charge in [-0.1, -0.05) is 40.0 Å². The van der Waals surface area contributed by atoms with Crippen LogP contribution in [0.2, 0.25) is 0 Å². The topological polar surface area (TPSA) is 62.5 Å². The van der Waals surface area contributed by atoms with Crippen LogP contribution in [0.5, 0.6) is 11.5 Å². The summed E-state index contributed by atoms with van der Waals surface area (Å²) in [6.07, 6.45) is 4.92. The maximum absolute atomic E-state index is 12.0. The largest absolute Gasteiger partial charge is 0.504 e. The quantitative estimate of drug-likeness (QED) is 0.798. The highest BCUT2D eigenvalue weighted by Crippen LogP contribution is 2.28. The Kier molecular flexibility index (Phi) is 5.93. The molecule has 108 valence electrons. The van der Waals surface area contributed by atoms with Gasteiger partial charge in [-0.25, -0.2) is 0 Å². The highest BCUT2D eigenvalue weighted by atomic mass is 16.3. The Morgan fingerprint density at radius 1 is 1.26 bits per heavy atom. The van der Waals surface area contributed by atoms with E-state index in [1.807, 2.05) is 6.92 Å². The molecule has 1 heterocycles. The summed E-state index contributed by atoms with van der Waals surface area (Å²) < 4.78 is 1.61. The Bertz CT molecular complexity index is 465. The number of aromatic nitrogens is 1. The molecule has 0 amide bonds. The lowest BCUT2D eigenvalue weighted by Gasteiger charge is -2.20. The zero-order valence-corrected chi connectivity index (χ0v) is 12.1. The van der Waals surface area contributed by atoms with Gasteiger partial charge in [0.25, 0.3) is 5.56 Å². The molecular formula is C15H25NO3. The molecule has 1 aromatic rings. The Balaban J connectivity index is 3.05. The van der Waals surface area contributed by atoms with Gasteiger partial charge in [0.15, 0.2) is 11.5 Å². The molecule has 0 spiro atoms. The molecule has 1 atom stereocenters. The highest BCUT2D eigenvalue weighted by molar-refractivity contribution is 5.40. The highest BCUT2D eigenvalue weighted by Gasteiger charge is 2.16. The Hall–Kier alpha value is -1.45. The second-order valence-electron chi connectivity index (χ2n) is 5.04. The van der Waals surface area contributed by atoms with Crippen LogP contribution in [-0.2, 0) is 13.0 Å². The Labute approximate surface area is 114 Å². The van der Waals surface area contributed by atoms with Gasteiger partial charge < -0.3 is 14.8 Å². The molecule has 0 aliphatic carbocycles. The van der Waals surface area contributed by atoms with Crippen LogP contribution in [0.4, 0.5) is 0 Å². The predicted octanol–water partition coefficient (Wildman–Crippen LogP) is 3.04. The molecule has 0 bridgehead atoms. The number of nitrogens with zero attached hydrogens (tertiary/aromatic N) is 1. The summed E-state index contributed by atoms with van der Waals surface area (Å²) >= 11 is 0. The second-order valence-corrected chi connectivity index (χ2v) is 5.04. The number of pyridine rings is 1. The van der Waals surface area contributed by atoms with Crippen molar-refractivity contribution in [3.8, 4) is 11.5 Å². The maximum Gasteiger partial charge on any atom is 0.254 e. The summed E-state index contributed by atoms with van der Waals surface area (Å²) in [5, 5.41) is 19.4. The summed E-state index contributed by atoms with van der Waals surface area (Å²) in [5.74, 6) is -0.0426. The van der Waals surface area contributed by atoms with Crippen molar-refractivity contribution in [2.45, 2.75) is 59.4 Å². The van der Waals surface area contributed by atoms with Crippen molar-refractivity contribution in [1.82, 2.24) is 4.57 Å². The first kappa shape index (κ1) is 15.6. The van der Waals surface area contributed by atoms with E-state index >= 15 is 0 Å². The fourth-order valence-electron chi connectivity index (χ4n) is 2.41. The van der Waals surface area contributed by atoms with Gasteiger partial charge in [0, 0.05) is 12.6 Å². The zero-order valence-electron chi connectivity index (χ0n) is 12.1. The van der Waals surface area contributed by atoms with E-state index in [9.17, 15) is 15.0 Å². The molecule has 2 N–H and O–H groups in total. The van der Waals surface area contributed by atoms with Crippen LogP contribution in [0.3, 0.4) is 0 Å². The number of hydrogen-bond donors (Lipinski definition) is 2.